The Kier molecular flexibility index (Phi) is 7.29. The van der Waals surface area contributed by atoms with Gasteiger partial charge in [0.1, 0.15) is 11.7 Å². The largest absolute Gasteiger partial charge is 0.360 e. The van der Waals surface area contributed by atoms with Crippen LogP contribution < -0.4 is 0 Å². The molecule has 2 heterocycles. The van der Waals surface area contributed by atoms with E-state index in [4.69, 9.17) is 16.1 Å². The van der Waals surface area contributed by atoms with Crippen molar-refractivity contribution in [2.75, 3.05) is 6.54 Å². The third kappa shape index (κ3) is 5.50. The van der Waals surface area contributed by atoms with Crippen LogP contribution in [0.3, 0.4) is 0 Å². The molecule has 0 N–H and O–H groups in total. The van der Waals surface area contributed by atoms with Crippen LogP contribution in [0.4, 0.5) is 0 Å². The van der Waals surface area contributed by atoms with Crippen LogP contribution in [0, 0.1) is 5.92 Å². The van der Waals surface area contributed by atoms with Gasteiger partial charge < -0.3 is 9.42 Å². The number of aromatic nitrogens is 1. The van der Waals surface area contributed by atoms with E-state index in [2.05, 4.69) is 32.5 Å². The van der Waals surface area contributed by atoms with Crippen LogP contribution in [0.25, 0.3) is 0 Å². The Morgan fingerprint density at radius 3 is 2.47 bits per heavy atom. The zero-order valence-electron chi connectivity index (χ0n) is 19.7. The lowest BCUT2D eigenvalue weighted by Gasteiger charge is -2.28. The van der Waals surface area contributed by atoms with Crippen molar-refractivity contribution in [2.45, 2.75) is 71.3 Å². The van der Waals surface area contributed by atoms with E-state index in [9.17, 15) is 9.59 Å². The van der Waals surface area contributed by atoms with Gasteiger partial charge >= 0.3 is 0 Å². The monoisotopic (exact) mass is 456 g/mol. The minimum atomic E-state index is -0.490. The molecule has 1 aliphatic heterocycles. The number of rotatable bonds is 7. The van der Waals surface area contributed by atoms with Gasteiger partial charge in [0.25, 0.3) is 0 Å². The topological polar surface area (TPSA) is 63.4 Å². The third-order valence-corrected chi connectivity index (χ3v) is 6.27. The quantitative estimate of drug-likeness (QED) is 0.499. The van der Waals surface area contributed by atoms with E-state index in [-0.39, 0.29) is 23.0 Å². The zero-order chi connectivity index (χ0) is 23.6. The summed E-state index contributed by atoms with van der Waals surface area (Å²) in [7, 11) is 0. The Bertz CT molecular complexity index is 985. The summed E-state index contributed by atoms with van der Waals surface area (Å²) >= 11 is 5.95. The fraction of sp³-hybridized carbons (Fsp3) is 0.500. The average Bonchev–Trinajstić information content (AvgIpc) is 3.34. The second-order valence-electron chi connectivity index (χ2n) is 10.1. The van der Waals surface area contributed by atoms with E-state index < -0.39 is 12.0 Å². The van der Waals surface area contributed by atoms with Crippen molar-refractivity contribution in [2.24, 2.45) is 5.92 Å². The van der Waals surface area contributed by atoms with Gasteiger partial charge in [-0.2, -0.15) is 0 Å². The van der Waals surface area contributed by atoms with Crippen LogP contribution >= 0.6 is 11.6 Å². The summed E-state index contributed by atoms with van der Waals surface area (Å²) in [4.78, 5) is 28.5. The number of hydrogen-bond donors (Lipinski definition) is 0. The fourth-order valence-electron chi connectivity index (χ4n) is 4.11. The van der Waals surface area contributed by atoms with Gasteiger partial charge in [0.15, 0.2) is 5.78 Å². The number of aryl methyl sites for hydroxylation is 1. The molecule has 6 heteroatoms. The number of benzene rings is 1. The van der Waals surface area contributed by atoms with Gasteiger partial charge in [0.05, 0.1) is 11.7 Å². The van der Waals surface area contributed by atoms with Gasteiger partial charge in [-0.15, -0.1) is 0 Å². The number of Topliss-reactive ketones (excluding diaryl/α,β-unsaturated/α-hetero) is 1. The SMILES string of the molecule is C=C1CC(C(=O)CCc2ccc(Cl)cc2)N(C(=O)C(c2cc(C(C)(C)C)no2)C(C)C)C1. The Morgan fingerprint density at radius 2 is 1.91 bits per heavy atom. The summed E-state index contributed by atoms with van der Waals surface area (Å²) in [6.45, 7) is 14.6. The molecule has 2 unspecified atom stereocenters. The number of carbonyl (C=O) groups excluding carboxylic acids is 2. The summed E-state index contributed by atoms with van der Waals surface area (Å²) in [6.07, 6.45) is 1.50. The molecular weight excluding hydrogens is 424 g/mol. The lowest BCUT2D eigenvalue weighted by molar-refractivity contribution is -0.140. The third-order valence-electron chi connectivity index (χ3n) is 6.02. The molecule has 5 nitrogen and oxygen atoms in total. The van der Waals surface area contributed by atoms with Gasteiger partial charge in [0.2, 0.25) is 5.91 Å². The van der Waals surface area contributed by atoms with Crippen molar-refractivity contribution in [1.29, 1.82) is 0 Å². The highest BCUT2D eigenvalue weighted by atomic mass is 35.5. The molecule has 3 rings (SSSR count). The highest BCUT2D eigenvalue weighted by Gasteiger charge is 2.41. The highest BCUT2D eigenvalue weighted by Crippen LogP contribution is 2.34. The molecule has 0 aliphatic carbocycles. The minimum Gasteiger partial charge on any atom is -0.360 e. The average molecular weight is 457 g/mol. The molecule has 172 valence electrons. The summed E-state index contributed by atoms with van der Waals surface area (Å²) in [5.41, 5.74) is 2.59. The first kappa shape index (κ1) is 24.2. The van der Waals surface area contributed by atoms with Gasteiger partial charge in [-0.1, -0.05) is 75.7 Å². The number of amides is 1. The highest BCUT2D eigenvalue weighted by molar-refractivity contribution is 6.30. The lowest BCUT2D eigenvalue weighted by atomic mass is 9.88. The second kappa shape index (κ2) is 9.62. The molecule has 2 aromatic rings. The summed E-state index contributed by atoms with van der Waals surface area (Å²) in [5.74, 6) is 0.0281. The minimum absolute atomic E-state index is 0.00181. The predicted octanol–water partition coefficient (Wildman–Crippen LogP) is 5.72. The van der Waals surface area contributed by atoms with Crippen molar-refractivity contribution < 1.29 is 14.1 Å². The molecule has 1 aromatic heterocycles. The van der Waals surface area contributed by atoms with Crippen molar-refractivity contribution in [3.05, 3.63) is 64.5 Å². The molecule has 0 radical (unpaired) electrons. The molecule has 0 spiro atoms. The molecular formula is C26H33ClN2O3. The maximum Gasteiger partial charge on any atom is 0.234 e. The van der Waals surface area contributed by atoms with Crippen LogP contribution in [0.2, 0.25) is 5.02 Å². The summed E-state index contributed by atoms with van der Waals surface area (Å²) < 4.78 is 5.62. The van der Waals surface area contributed by atoms with Gasteiger partial charge in [-0.05, 0) is 36.5 Å². The maximum atomic E-state index is 13.6. The predicted molar refractivity (Wildman–Crippen MR) is 127 cm³/mol. The van der Waals surface area contributed by atoms with E-state index >= 15 is 0 Å². The van der Waals surface area contributed by atoms with Crippen LogP contribution in [0.15, 0.2) is 47.0 Å². The van der Waals surface area contributed by atoms with E-state index in [1.807, 2.05) is 44.2 Å². The first-order chi connectivity index (χ1) is 15.0. The number of ketones is 1. The van der Waals surface area contributed by atoms with Crippen molar-refractivity contribution >= 4 is 23.3 Å². The number of halogens is 1. The first-order valence-electron chi connectivity index (χ1n) is 11.2. The normalized spacial score (nSPS) is 17.8. The van der Waals surface area contributed by atoms with Crippen LogP contribution in [-0.2, 0) is 21.4 Å². The number of likely N-dealkylation sites (tertiary alicyclic amines) is 1. The molecule has 0 bridgehead atoms. The molecule has 0 saturated carbocycles. The van der Waals surface area contributed by atoms with E-state index in [0.717, 1.165) is 16.8 Å². The van der Waals surface area contributed by atoms with Crippen molar-refractivity contribution in [3.63, 3.8) is 0 Å². The van der Waals surface area contributed by atoms with Crippen LogP contribution in [-0.4, -0.2) is 34.3 Å². The fourth-order valence-corrected chi connectivity index (χ4v) is 4.23. The van der Waals surface area contributed by atoms with E-state index in [1.54, 1.807) is 4.90 Å². The Hall–Kier alpha value is -2.40. The molecule has 1 fully saturated rings. The van der Waals surface area contributed by atoms with E-state index in [1.165, 1.54) is 0 Å². The van der Waals surface area contributed by atoms with Gasteiger partial charge in [0, 0.05) is 29.5 Å². The van der Waals surface area contributed by atoms with Gasteiger partial charge in [-0.3, -0.25) is 9.59 Å². The molecule has 1 amide bonds. The summed E-state index contributed by atoms with van der Waals surface area (Å²) in [5, 5.41) is 4.87. The molecule has 1 aromatic carbocycles. The Labute approximate surface area is 195 Å². The smallest absolute Gasteiger partial charge is 0.234 e. The number of hydrogen-bond acceptors (Lipinski definition) is 4. The van der Waals surface area contributed by atoms with Gasteiger partial charge in [-0.25, -0.2) is 0 Å². The molecule has 1 saturated heterocycles. The first-order valence-corrected chi connectivity index (χ1v) is 11.6. The van der Waals surface area contributed by atoms with Crippen molar-refractivity contribution in [1.82, 2.24) is 10.1 Å². The van der Waals surface area contributed by atoms with Crippen LogP contribution in [0.5, 0.6) is 0 Å². The van der Waals surface area contributed by atoms with E-state index in [0.29, 0.717) is 36.6 Å². The second-order valence-corrected chi connectivity index (χ2v) is 10.6. The maximum absolute atomic E-state index is 13.6. The number of carbonyl (C=O) groups is 2. The molecule has 32 heavy (non-hydrogen) atoms. The molecule has 2 atom stereocenters. The Morgan fingerprint density at radius 1 is 1.25 bits per heavy atom. The standard InChI is InChI=1S/C26H33ClN2O3/c1-16(2)24(22-14-23(28-32-22)26(4,5)6)25(31)29-15-17(3)13-20(29)21(30)12-9-18-7-10-19(27)11-8-18/h7-8,10-11,14,16,20,24H,3,9,12-13,15H2,1-2,4-6H3. The van der Waals surface area contributed by atoms with Crippen LogP contribution in [0.1, 0.15) is 70.4 Å². The summed E-state index contributed by atoms with van der Waals surface area (Å²) in [6, 6.07) is 8.91. The Balaban J connectivity index is 1.77. The lowest BCUT2D eigenvalue weighted by Crippen LogP contribution is -2.44. The number of nitrogens with zero attached hydrogens (tertiary/aromatic N) is 2. The molecule has 1 aliphatic rings. The zero-order valence-corrected chi connectivity index (χ0v) is 20.4. The van der Waals surface area contributed by atoms with Crippen molar-refractivity contribution in [3.8, 4) is 0 Å².